The van der Waals surface area contributed by atoms with Crippen molar-refractivity contribution in [2.45, 2.75) is 31.7 Å². The molecule has 20 heavy (non-hydrogen) atoms. The van der Waals surface area contributed by atoms with Crippen molar-refractivity contribution < 1.29 is 14.3 Å². The van der Waals surface area contributed by atoms with Crippen LogP contribution in [0.1, 0.15) is 24.8 Å². The van der Waals surface area contributed by atoms with Gasteiger partial charge >= 0.3 is 5.97 Å². The molecule has 5 heteroatoms. The summed E-state index contributed by atoms with van der Waals surface area (Å²) in [4.78, 5) is 24.9. The van der Waals surface area contributed by atoms with Crippen molar-refractivity contribution in [3.63, 3.8) is 0 Å². The number of ether oxygens (including phenoxy) is 1. The number of rotatable bonds is 6. The lowest BCUT2D eigenvalue weighted by Crippen LogP contribution is -2.32. The molecular weight excluding hydrogens is 256 g/mol. The van der Waals surface area contributed by atoms with Crippen LogP contribution in [0.4, 0.5) is 5.69 Å². The van der Waals surface area contributed by atoms with E-state index in [9.17, 15) is 9.59 Å². The summed E-state index contributed by atoms with van der Waals surface area (Å²) in [7, 11) is 1.75. The van der Waals surface area contributed by atoms with Gasteiger partial charge in [0.25, 0.3) is 5.91 Å². The summed E-state index contributed by atoms with van der Waals surface area (Å²) in [5.41, 5.74) is 7.33. The topological polar surface area (TPSA) is 72.6 Å². The molecule has 0 heterocycles. The van der Waals surface area contributed by atoms with E-state index < -0.39 is 0 Å². The Morgan fingerprint density at radius 3 is 2.80 bits per heavy atom. The molecule has 1 aliphatic carbocycles. The van der Waals surface area contributed by atoms with Crippen LogP contribution in [0.2, 0.25) is 0 Å². The second-order valence-corrected chi connectivity index (χ2v) is 5.14. The molecule has 1 fully saturated rings. The molecule has 1 aromatic rings. The van der Waals surface area contributed by atoms with Crippen molar-refractivity contribution in [1.29, 1.82) is 0 Å². The van der Waals surface area contributed by atoms with Gasteiger partial charge in [-0.15, -0.1) is 0 Å². The van der Waals surface area contributed by atoms with E-state index in [4.69, 9.17) is 10.5 Å². The van der Waals surface area contributed by atoms with E-state index in [1.807, 2.05) is 18.2 Å². The SMILES string of the molecule is CN(C(=O)COC(=O)CCc1cccc(N)c1)C1CC1. The summed E-state index contributed by atoms with van der Waals surface area (Å²) in [6.07, 6.45) is 2.91. The van der Waals surface area contributed by atoms with Crippen molar-refractivity contribution in [3.05, 3.63) is 29.8 Å². The number of carbonyl (C=O) groups excluding carboxylic acids is 2. The maximum Gasteiger partial charge on any atom is 0.306 e. The highest BCUT2D eigenvalue weighted by atomic mass is 16.5. The Balaban J connectivity index is 1.68. The van der Waals surface area contributed by atoms with Crippen molar-refractivity contribution >= 4 is 17.6 Å². The average Bonchev–Trinajstić information content (AvgIpc) is 3.26. The lowest BCUT2D eigenvalue weighted by molar-refractivity contribution is -0.151. The fourth-order valence-corrected chi connectivity index (χ4v) is 1.98. The van der Waals surface area contributed by atoms with E-state index in [0.29, 0.717) is 18.2 Å². The first kappa shape index (κ1) is 14.4. The number of nitrogens with zero attached hydrogens (tertiary/aromatic N) is 1. The molecule has 0 aliphatic heterocycles. The Morgan fingerprint density at radius 2 is 2.15 bits per heavy atom. The third-order valence-electron chi connectivity index (χ3n) is 3.41. The number of aryl methyl sites for hydroxylation is 1. The highest BCUT2D eigenvalue weighted by Gasteiger charge is 2.29. The molecule has 2 N–H and O–H groups in total. The van der Waals surface area contributed by atoms with Crippen LogP contribution < -0.4 is 5.73 Å². The molecule has 5 nitrogen and oxygen atoms in total. The highest BCUT2D eigenvalue weighted by molar-refractivity contribution is 5.81. The van der Waals surface area contributed by atoms with Gasteiger partial charge < -0.3 is 15.4 Å². The lowest BCUT2D eigenvalue weighted by Gasteiger charge is -2.15. The van der Waals surface area contributed by atoms with Crippen LogP contribution in [0.15, 0.2) is 24.3 Å². The summed E-state index contributed by atoms with van der Waals surface area (Å²) in [5, 5.41) is 0. The predicted octanol–water partition coefficient (Wildman–Crippen LogP) is 1.37. The number of hydrogen-bond donors (Lipinski definition) is 1. The Labute approximate surface area is 118 Å². The second-order valence-electron chi connectivity index (χ2n) is 5.14. The smallest absolute Gasteiger partial charge is 0.306 e. The van der Waals surface area contributed by atoms with Gasteiger partial charge in [0.1, 0.15) is 0 Å². The Morgan fingerprint density at radius 1 is 1.40 bits per heavy atom. The molecule has 0 radical (unpaired) electrons. The molecule has 0 unspecified atom stereocenters. The molecule has 0 saturated heterocycles. The van der Waals surface area contributed by atoms with Crippen LogP contribution in [0.5, 0.6) is 0 Å². The van der Waals surface area contributed by atoms with E-state index in [1.165, 1.54) is 0 Å². The van der Waals surface area contributed by atoms with E-state index in [1.54, 1.807) is 18.0 Å². The minimum atomic E-state index is -0.357. The number of amides is 1. The van der Waals surface area contributed by atoms with Gasteiger partial charge in [-0.1, -0.05) is 12.1 Å². The summed E-state index contributed by atoms with van der Waals surface area (Å²) in [5.74, 6) is -0.491. The first-order valence-electron chi connectivity index (χ1n) is 6.82. The third-order valence-corrected chi connectivity index (χ3v) is 3.41. The summed E-state index contributed by atoms with van der Waals surface area (Å²) in [6.45, 7) is -0.164. The maximum atomic E-state index is 11.7. The van der Waals surface area contributed by atoms with Crippen molar-refractivity contribution in [2.75, 3.05) is 19.4 Å². The van der Waals surface area contributed by atoms with Gasteiger partial charge in [0.15, 0.2) is 6.61 Å². The lowest BCUT2D eigenvalue weighted by atomic mass is 10.1. The van der Waals surface area contributed by atoms with Gasteiger partial charge in [0.2, 0.25) is 0 Å². The van der Waals surface area contributed by atoms with Crippen LogP contribution in [0, 0.1) is 0 Å². The summed E-state index contributed by atoms with van der Waals surface area (Å²) >= 11 is 0. The van der Waals surface area contributed by atoms with Crippen LogP contribution in [0.25, 0.3) is 0 Å². The summed E-state index contributed by atoms with van der Waals surface area (Å²) in [6, 6.07) is 7.74. The van der Waals surface area contributed by atoms with E-state index in [2.05, 4.69) is 0 Å². The zero-order valence-electron chi connectivity index (χ0n) is 11.7. The van der Waals surface area contributed by atoms with Crippen LogP contribution >= 0.6 is 0 Å². The molecule has 2 rings (SSSR count). The Bertz CT molecular complexity index is 498. The minimum absolute atomic E-state index is 0.134. The molecular formula is C15H20N2O3. The van der Waals surface area contributed by atoms with Gasteiger partial charge in [-0.05, 0) is 37.0 Å². The first-order valence-corrected chi connectivity index (χ1v) is 6.82. The highest BCUT2D eigenvalue weighted by Crippen LogP contribution is 2.25. The maximum absolute atomic E-state index is 11.7. The fraction of sp³-hybridized carbons (Fsp3) is 0.467. The van der Waals surface area contributed by atoms with Gasteiger partial charge in [0.05, 0.1) is 0 Å². The van der Waals surface area contributed by atoms with Gasteiger partial charge in [-0.25, -0.2) is 0 Å². The number of carbonyl (C=O) groups is 2. The standard InChI is InChI=1S/C15H20N2O3/c1-17(13-6-7-13)14(18)10-20-15(19)8-5-11-3-2-4-12(16)9-11/h2-4,9,13H,5-8,10,16H2,1H3. The van der Waals surface area contributed by atoms with Crippen molar-refractivity contribution in [3.8, 4) is 0 Å². The number of nitrogens with two attached hydrogens (primary N) is 1. The number of nitrogen functional groups attached to an aromatic ring is 1. The number of benzene rings is 1. The number of likely N-dealkylation sites (N-methyl/N-ethyl adjacent to an activating group) is 1. The van der Waals surface area contributed by atoms with Crippen LogP contribution in [0.3, 0.4) is 0 Å². The molecule has 1 saturated carbocycles. The average molecular weight is 276 g/mol. The summed E-state index contributed by atoms with van der Waals surface area (Å²) < 4.78 is 4.99. The Hall–Kier alpha value is -2.04. The molecule has 0 aromatic heterocycles. The third kappa shape index (κ3) is 4.26. The van der Waals surface area contributed by atoms with E-state index in [0.717, 1.165) is 18.4 Å². The fourth-order valence-electron chi connectivity index (χ4n) is 1.98. The minimum Gasteiger partial charge on any atom is -0.456 e. The zero-order valence-corrected chi connectivity index (χ0v) is 11.7. The predicted molar refractivity (Wildman–Crippen MR) is 75.9 cm³/mol. The molecule has 1 aliphatic rings. The van der Waals surface area contributed by atoms with Gasteiger partial charge in [-0.2, -0.15) is 0 Å². The zero-order chi connectivity index (χ0) is 14.5. The number of anilines is 1. The number of hydrogen-bond acceptors (Lipinski definition) is 4. The van der Waals surface area contributed by atoms with Crippen molar-refractivity contribution in [1.82, 2.24) is 4.90 Å². The molecule has 1 amide bonds. The Kier molecular flexibility index (Phi) is 4.61. The molecule has 0 spiro atoms. The van der Waals surface area contributed by atoms with E-state index in [-0.39, 0.29) is 24.9 Å². The number of esters is 1. The second kappa shape index (κ2) is 6.41. The molecule has 0 bridgehead atoms. The normalized spacial score (nSPS) is 13.8. The van der Waals surface area contributed by atoms with Gasteiger partial charge in [0, 0.05) is 25.2 Å². The molecule has 0 atom stereocenters. The quantitative estimate of drug-likeness (QED) is 0.629. The first-order chi connectivity index (χ1) is 9.56. The largest absolute Gasteiger partial charge is 0.456 e. The monoisotopic (exact) mass is 276 g/mol. The van der Waals surface area contributed by atoms with Gasteiger partial charge in [-0.3, -0.25) is 9.59 Å². The van der Waals surface area contributed by atoms with Crippen LogP contribution in [-0.4, -0.2) is 36.5 Å². The van der Waals surface area contributed by atoms with Crippen LogP contribution in [-0.2, 0) is 20.7 Å². The molecule has 1 aromatic carbocycles. The van der Waals surface area contributed by atoms with Crippen molar-refractivity contribution in [2.24, 2.45) is 0 Å². The van der Waals surface area contributed by atoms with E-state index >= 15 is 0 Å². The molecule has 108 valence electrons.